The van der Waals surface area contributed by atoms with Crippen molar-refractivity contribution in [3.8, 4) is 0 Å². The number of ketones is 1. The summed E-state index contributed by atoms with van der Waals surface area (Å²) in [6.07, 6.45) is 2.32. The first kappa shape index (κ1) is 12.1. The van der Waals surface area contributed by atoms with Crippen LogP contribution in [0.4, 0.5) is 4.39 Å². The molecule has 2 aromatic rings. The van der Waals surface area contributed by atoms with Gasteiger partial charge in [-0.05, 0) is 35.4 Å². The number of carbonyl (C=O) groups excluding carboxylic acids is 1. The van der Waals surface area contributed by atoms with Crippen LogP contribution in [0.25, 0.3) is 6.08 Å². The standard InChI is InChI=1S/C16H10ClFO/c17-15-3-1-2-13-14(15)9-11(16(13)19)8-10-4-6-12(18)7-5-10/h1-8H,9H2/b11-8+. The summed E-state index contributed by atoms with van der Waals surface area (Å²) in [5, 5.41) is 0.619. The fourth-order valence-corrected chi connectivity index (χ4v) is 2.51. The zero-order chi connectivity index (χ0) is 13.4. The summed E-state index contributed by atoms with van der Waals surface area (Å²) in [5.41, 5.74) is 3.05. The van der Waals surface area contributed by atoms with Crippen LogP contribution < -0.4 is 0 Å². The number of hydrogen-bond acceptors (Lipinski definition) is 1. The predicted molar refractivity (Wildman–Crippen MR) is 73.9 cm³/mol. The molecule has 2 aromatic carbocycles. The maximum absolute atomic E-state index is 12.8. The Hall–Kier alpha value is -1.93. The largest absolute Gasteiger partial charge is 0.289 e. The fraction of sp³-hybridized carbons (Fsp3) is 0.0625. The minimum atomic E-state index is -0.286. The number of carbonyl (C=O) groups is 1. The SMILES string of the molecule is O=C1/C(=C/c2ccc(F)cc2)Cc2c(Cl)cccc21. The first-order valence-corrected chi connectivity index (χ1v) is 6.31. The van der Waals surface area contributed by atoms with E-state index in [1.54, 1.807) is 36.4 Å². The van der Waals surface area contributed by atoms with Gasteiger partial charge in [0.25, 0.3) is 0 Å². The van der Waals surface area contributed by atoms with E-state index in [1.165, 1.54) is 12.1 Å². The zero-order valence-corrected chi connectivity index (χ0v) is 10.7. The highest BCUT2D eigenvalue weighted by Gasteiger charge is 2.26. The van der Waals surface area contributed by atoms with Crippen LogP contribution in [0, 0.1) is 5.82 Å². The van der Waals surface area contributed by atoms with Crippen LogP contribution in [0.3, 0.4) is 0 Å². The highest BCUT2D eigenvalue weighted by Crippen LogP contribution is 2.32. The van der Waals surface area contributed by atoms with Crippen molar-refractivity contribution < 1.29 is 9.18 Å². The molecule has 0 N–H and O–H groups in total. The summed E-state index contributed by atoms with van der Waals surface area (Å²) < 4.78 is 12.8. The Morgan fingerprint density at radius 3 is 2.53 bits per heavy atom. The molecule has 3 rings (SSSR count). The molecule has 94 valence electrons. The van der Waals surface area contributed by atoms with Crippen LogP contribution in [0.5, 0.6) is 0 Å². The van der Waals surface area contributed by atoms with Gasteiger partial charge in [-0.2, -0.15) is 0 Å². The third-order valence-corrected chi connectivity index (χ3v) is 3.59. The van der Waals surface area contributed by atoms with Crippen LogP contribution in [-0.4, -0.2) is 5.78 Å². The Bertz CT molecular complexity index is 686. The molecule has 0 saturated carbocycles. The summed E-state index contributed by atoms with van der Waals surface area (Å²) >= 11 is 6.09. The van der Waals surface area contributed by atoms with Gasteiger partial charge in [0.1, 0.15) is 5.82 Å². The molecule has 1 aliphatic carbocycles. The zero-order valence-electron chi connectivity index (χ0n) is 9.99. The molecule has 0 radical (unpaired) electrons. The maximum atomic E-state index is 12.8. The summed E-state index contributed by atoms with van der Waals surface area (Å²) in [6, 6.07) is 11.4. The molecule has 1 aliphatic rings. The second-order valence-electron chi connectivity index (χ2n) is 4.49. The van der Waals surface area contributed by atoms with Crippen LogP contribution in [-0.2, 0) is 6.42 Å². The lowest BCUT2D eigenvalue weighted by molar-refractivity contribution is 0.104. The first-order valence-electron chi connectivity index (χ1n) is 5.93. The van der Waals surface area contributed by atoms with Crippen molar-refractivity contribution >= 4 is 23.5 Å². The quantitative estimate of drug-likeness (QED) is 0.707. The minimum absolute atomic E-state index is 0.00169. The van der Waals surface area contributed by atoms with Gasteiger partial charge in [-0.3, -0.25) is 4.79 Å². The average molecular weight is 273 g/mol. The summed E-state index contributed by atoms with van der Waals surface area (Å²) in [4.78, 5) is 12.2. The lowest BCUT2D eigenvalue weighted by Crippen LogP contribution is -1.94. The Morgan fingerprint density at radius 1 is 1.11 bits per heavy atom. The normalized spacial score (nSPS) is 15.9. The summed E-state index contributed by atoms with van der Waals surface area (Å²) in [7, 11) is 0. The van der Waals surface area contributed by atoms with Crippen molar-refractivity contribution in [2.45, 2.75) is 6.42 Å². The van der Waals surface area contributed by atoms with Gasteiger partial charge in [0.15, 0.2) is 5.78 Å². The van der Waals surface area contributed by atoms with Gasteiger partial charge in [-0.1, -0.05) is 35.9 Å². The highest BCUT2D eigenvalue weighted by molar-refractivity contribution is 6.33. The van der Waals surface area contributed by atoms with E-state index >= 15 is 0 Å². The number of allylic oxidation sites excluding steroid dienone is 1. The molecule has 0 bridgehead atoms. The molecule has 3 heteroatoms. The van der Waals surface area contributed by atoms with Gasteiger partial charge in [-0.15, -0.1) is 0 Å². The first-order chi connectivity index (χ1) is 9.15. The van der Waals surface area contributed by atoms with Gasteiger partial charge in [0.2, 0.25) is 0 Å². The van der Waals surface area contributed by atoms with Crippen LogP contribution in [0.15, 0.2) is 48.0 Å². The molecule has 0 spiro atoms. The van der Waals surface area contributed by atoms with Gasteiger partial charge >= 0.3 is 0 Å². The van der Waals surface area contributed by atoms with Gasteiger partial charge in [0, 0.05) is 22.6 Å². The van der Waals surface area contributed by atoms with Gasteiger partial charge < -0.3 is 0 Å². The average Bonchev–Trinajstić information content (AvgIpc) is 2.72. The molecule has 0 saturated heterocycles. The van der Waals surface area contributed by atoms with Crippen molar-refractivity contribution in [1.82, 2.24) is 0 Å². The van der Waals surface area contributed by atoms with Crippen molar-refractivity contribution in [3.63, 3.8) is 0 Å². The third kappa shape index (κ3) is 2.20. The number of hydrogen-bond donors (Lipinski definition) is 0. The Morgan fingerprint density at radius 2 is 1.84 bits per heavy atom. The summed E-state index contributed by atoms with van der Waals surface area (Å²) in [6.45, 7) is 0. The highest BCUT2D eigenvalue weighted by atomic mass is 35.5. The van der Waals surface area contributed by atoms with E-state index in [2.05, 4.69) is 0 Å². The molecular formula is C16H10ClFO. The number of fused-ring (bicyclic) bond motifs is 1. The molecule has 0 atom stereocenters. The molecule has 0 aromatic heterocycles. The third-order valence-electron chi connectivity index (χ3n) is 3.23. The van der Waals surface area contributed by atoms with Crippen molar-refractivity contribution in [2.24, 2.45) is 0 Å². The van der Waals surface area contributed by atoms with E-state index in [4.69, 9.17) is 11.6 Å². The van der Waals surface area contributed by atoms with Crippen molar-refractivity contribution in [2.75, 3.05) is 0 Å². The van der Waals surface area contributed by atoms with E-state index in [9.17, 15) is 9.18 Å². The summed E-state index contributed by atoms with van der Waals surface area (Å²) in [5.74, 6) is -0.284. The lowest BCUT2D eigenvalue weighted by Gasteiger charge is -1.97. The number of rotatable bonds is 1. The Labute approximate surface area is 115 Å². The van der Waals surface area contributed by atoms with E-state index in [0.29, 0.717) is 22.6 Å². The monoisotopic (exact) mass is 272 g/mol. The van der Waals surface area contributed by atoms with E-state index in [1.807, 2.05) is 0 Å². The molecule has 0 amide bonds. The van der Waals surface area contributed by atoms with Crippen LogP contribution in [0.1, 0.15) is 21.5 Å². The molecule has 0 unspecified atom stereocenters. The predicted octanol–water partition coefficient (Wildman–Crippen LogP) is 4.30. The van der Waals surface area contributed by atoms with E-state index < -0.39 is 0 Å². The lowest BCUT2D eigenvalue weighted by atomic mass is 10.1. The van der Waals surface area contributed by atoms with Crippen LogP contribution >= 0.6 is 11.6 Å². The topological polar surface area (TPSA) is 17.1 Å². The number of benzene rings is 2. The van der Waals surface area contributed by atoms with Crippen molar-refractivity contribution in [1.29, 1.82) is 0 Å². The second-order valence-corrected chi connectivity index (χ2v) is 4.90. The second kappa shape index (κ2) is 4.63. The Kier molecular flexibility index (Phi) is 2.96. The molecule has 0 fully saturated rings. The van der Waals surface area contributed by atoms with E-state index in [0.717, 1.165) is 11.1 Å². The van der Waals surface area contributed by atoms with Crippen LogP contribution in [0.2, 0.25) is 5.02 Å². The fourth-order valence-electron chi connectivity index (χ4n) is 2.27. The molecule has 19 heavy (non-hydrogen) atoms. The maximum Gasteiger partial charge on any atom is 0.189 e. The van der Waals surface area contributed by atoms with E-state index in [-0.39, 0.29) is 11.6 Å². The molecule has 0 aliphatic heterocycles. The molecule has 1 nitrogen and oxygen atoms in total. The molecular weight excluding hydrogens is 263 g/mol. The van der Waals surface area contributed by atoms with Gasteiger partial charge in [-0.25, -0.2) is 4.39 Å². The molecule has 0 heterocycles. The number of Topliss-reactive ketones (excluding diaryl/α,β-unsaturated/α-hetero) is 1. The minimum Gasteiger partial charge on any atom is -0.289 e. The van der Waals surface area contributed by atoms with Gasteiger partial charge in [0.05, 0.1) is 0 Å². The number of halogens is 2. The smallest absolute Gasteiger partial charge is 0.189 e. The van der Waals surface area contributed by atoms with Crippen molar-refractivity contribution in [3.05, 3.63) is 75.6 Å². The Balaban J connectivity index is 2.00.